The minimum Gasteiger partial charge on any atom is -0.462 e. The Balaban J connectivity index is 3.85. The van der Waals surface area contributed by atoms with Crippen LogP contribution in [0.15, 0.2) is 24.3 Å². The fraction of sp³-hybridized carbons (Fsp3) is 0.892. The van der Waals surface area contributed by atoms with Crippen molar-refractivity contribution in [1.29, 1.82) is 0 Å². The Hall–Kier alpha value is -2.11. The molecule has 0 fully saturated rings. The van der Waals surface area contributed by atoms with Gasteiger partial charge in [0.2, 0.25) is 0 Å². The summed E-state index contributed by atoms with van der Waals surface area (Å²) in [4.78, 5) is 37.8. The van der Waals surface area contributed by atoms with Crippen molar-refractivity contribution in [2.24, 2.45) is 0 Å². The number of allylic oxidation sites excluding steroid dienone is 4. The molecule has 418 valence electrons. The number of carbonyl (C=O) groups is 3. The van der Waals surface area contributed by atoms with Gasteiger partial charge in [-0.1, -0.05) is 315 Å². The molecule has 0 saturated carbocycles. The average molecular weight is 1000 g/mol. The summed E-state index contributed by atoms with van der Waals surface area (Å²) in [6.45, 7) is 6.55. The molecule has 0 aliphatic heterocycles. The summed E-state index contributed by atoms with van der Waals surface area (Å²) in [6.07, 6.45) is 72.6. The summed E-state index contributed by atoms with van der Waals surface area (Å²) >= 11 is 0. The highest BCUT2D eigenvalue weighted by molar-refractivity contribution is 5.71. The Bertz CT molecular complexity index is 1150. The van der Waals surface area contributed by atoms with Crippen LogP contribution in [0.3, 0.4) is 0 Å². The zero-order valence-corrected chi connectivity index (χ0v) is 48.0. The molecular weight excluding hydrogens is 877 g/mol. The van der Waals surface area contributed by atoms with Gasteiger partial charge in [-0.05, 0) is 44.9 Å². The lowest BCUT2D eigenvalue weighted by molar-refractivity contribution is -0.167. The molecular formula is C65H122O6. The molecule has 0 aromatic rings. The minimum atomic E-state index is -0.772. The SMILES string of the molecule is CCC/C=C\C/C=C\CCCCCCCC(=O)OC(COC(=O)CCCCCCCC)COC(=O)CCCCCCCCCCCCCCCCCCCCCCCCCCCCCCCCCCCC. The summed E-state index contributed by atoms with van der Waals surface area (Å²) in [6, 6.07) is 0. The van der Waals surface area contributed by atoms with Crippen LogP contribution in [0.2, 0.25) is 0 Å². The number of ether oxygens (including phenoxy) is 3. The first-order valence-corrected chi connectivity index (χ1v) is 31.8. The van der Waals surface area contributed by atoms with Crippen LogP contribution in [0.4, 0.5) is 0 Å². The fourth-order valence-electron chi connectivity index (χ4n) is 9.66. The Morgan fingerprint density at radius 1 is 0.282 bits per heavy atom. The molecule has 6 heteroatoms. The van der Waals surface area contributed by atoms with Crippen molar-refractivity contribution < 1.29 is 28.6 Å². The highest BCUT2D eigenvalue weighted by Crippen LogP contribution is 2.18. The Labute approximate surface area is 443 Å². The van der Waals surface area contributed by atoms with Crippen LogP contribution in [-0.4, -0.2) is 37.2 Å². The molecule has 0 spiro atoms. The lowest BCUT2D eigenvalue weighted by Gasteiger charge is -2.18. The normalized spacial score (nSPS) is 12.1. The van der Waals surface area contributed by atoms with Gasteiger partial charge >= 0.3 is 17.9 Å². The second-order valence-corrected chi connectivity index (χ2v) is 21.7. The number of unbranched alkanes of at least 4 members (excludes halogenated alkanes) is 44. The number of rotatable bonds is 59. The number of hydrogen-bond acceptors (Lipinski definition) is 6. The van der Waals surface area contributed by atoms with Gasteiger partial charge in [-0.25, -0.2) is 0 Å². The van der Waals surface area contributed by atoms with Crippen LogP contribution in [0.5, 0.6) is 0 Å². The molecule has 6 nitrogen and oxygen atoms in total. The van der Waals surface area contributed by atoms with Gasteiger partial charge in [0.15, 0.2) is 6.10 Å². The lowest BCUT2D eigenvalue weighted by atomic mass is 10.0. The monoisotopic (exact) mass is 999 g/mol. The standard InChI is InChI=1S/C65H122O6/c1-4-7-10-13-16-18-20-22-23-24-25-26-27-28-29-30-31-32-33-34-35-36-37-38-39-40-41-42-44-45-47-49-52-55-58-64(67)70-61-62(60-69-63(66)57-54-51-15-12-9-6-3)71-65(68)59-56-53-50-48-46-43-21-19-17-14-11-8-5-2/h11,14,19,21,62H,4-10,12-13,15-18,20,22-61H2,1-3H3/b14-11-,21-19-. The third-order valence-electron chi connectivity index (χ3n) is 14.4. The minimum absolute atomic E-state index is 0.0730. The van der Waals surface area contributed by atoms with Crippen molar-refractivity contribution in [1.82, 2.24) is 0 Å². The van der Waals surface area contributed by atoms with E-state index in [9.17, 15) is 14.4 Å². The molecule has 0 bridgehead atoms. The first-order valence-electron chi connectivity index (χ1n) is 31.8. The van der Waals surface area contributed by atoms with Crippen molar-refractivity contribution in [2.45, 2.75) is 361 Å². The molecule has 0 aliphatic rings. The summed E-state index contributed by atoms with van der Waals surface area (Å²) < 4.78 is 16.7. The van der Waals surface area contributed by atoms with Crippen LogP contribution in [0, 0.1) is 0 Å². The van der Waals surface area contributed by atoms with Gasteiger partial charge in [0.25, 0.3) is 0 Å². The fourth-order valence-corrected chi connectivity index (χ4v) is 9.66. The van der Waals surface area contributed by atoms with E-state index in [0.29, 0.717) is 19.3 Å². The van der Waals surface area contributed by atoms with Gasteiger partial charge < -0.3 is 14.2 Å². The van der Waals surface area contributed by atoms with Crippen molar-refractivity contribution in [3.8, 4) is 0 Å². The van der Waals surface area contributed by atoms with Crippen LogP contribution in [0.25, 0.3) is 0 Å². The number of carbonyl (C=O) groups excluding carboxylic acids is 3. The summed E-state index contributed by atoms with van der Waals surface area (Å²) in [5.41, 5.74) is 0. The van der Waals surface area contributed by atoms with Gasteiger partial charge in [0, 0.05) is 19.3 Å². The van der Waals surface area contributed by atoms with Crippen LogP contribution < -0.4 is 0 Å². The molecule has 0 aliphatic carbocycles. The summed E-state index contributed by atoms with van der Waals surface area (Å²) in [5.74, 6) is -0.880. The largest absolute Gasteiger partial charge is 0.462 e. The molecule has 0 radical (unpaired) electrons. The first kappa shape index (κ1) is 68.9. The third-order valence-corrected chi connectivity index (χ3v) is 14.4. The Morgan fingerprint density at radius 3 is 0.831 bits per heavy atom. The number of hydrogen-bond donors (Lipinski definition) is 0. The third kappa shape index (κ3) is 58.7. The van der Waals surface area contributed by atoms with Gasteiger partial charge in [0.1, 0.15) is 13.2 Å². The molecule has 0 saturated heterocycles. The van der Waals surface area contributed by atoms with Crippen molar-refractivity contribution in [3.05, 3.63) is 24.3 Å². The molecule has 0 heterocycles. The van der Waals surface area contributed by atoms with Crippen molar-refractivity contribution in [3.63, 3.8) is 0 Å². The lowest BCUT2D eigenvalue weighted by Crippen LogP contribution is -2.30. The van der Waals surface area contributed by atoms with E-state index in [1.165, 1.54) is 225 Å². The molecule has 0 rings (SSSR count). The molecule has 0 amide bonds. The first-order chi connectivity index (χ1) is 35.0. The van der Waals surface area contributed by atoms with Gasteiger partial charge in [0.05, 0.1) is 0 Å². The van der Waals surface area contributed by atoms with Crippen LogP contribution in [-0.2, 0) is 28.6 Å². The van der Waals surface area contributed by atoms with E-state index in [4.69, 9.17) is 14.2 Å². The highest BCUT2D eigenvalue weighted by atomic mass is 16.6. The second kappa shape index (κ2) is 60.4. The zero-order valence-electron chi connectivity index (χ0n) is 48.0. The molecule has 1 unspecified atom stereocenters. The molecule has 0 N–H and O–H groups in total. The molecule has 1 atom stereocenters. The topological polar surface area (TPSA) is 78.9 Å². The second-order valence-electron chi connectivity index (χ2n) is 21.7. The van der Waals surface area contributed by atoms with Gasteiger partial charge in [-0.3, -0.25) is 14.4 Å². The zero-order chi connectivity index (χ0) is 51.4. The van der Waals surface area contributed by atoms with Crippen molar-refractivity contribution in [2.75, 3.05) is 13.2 Å². The Kier molecular flexibility index (Phi) is 58.6. The van der Waals surface area contributed by atoms with Crippen molar-refractivity contribution >= 4 is 17.9 Å². The van der Waals surface area contributed by atoms with Crippen LogP contribution in [0.1, 0.15) is 355 Å². The van der Waals surface area contributed by atoms with E-state index in [1.54, 1.807) is 0 Å². The maximum absolute atomic E-state index is 12.8. The van der Waals surface area contributed by atoms with Gasteiger partial charge in [-0.2, -0.15) is 0 Å². The molecule has 71 heavy (non-hydrogen) atoms. The predicted octanol–water partition coefficient (Wildman–Crippen LogP) is 21.4. The van der Waals surface area contributed by atoms with E-state index < -0.39 is 6.10 Å². The molecule has 0 aromatic heterocycles. The Morgan fingerprint density at radius 2 is 0.535 bits per heavy atom. The maximum atomic E-state index is 12.8. The van der Waals surface area contributed by atoms with E-state index in [0.717, 1.165) is 89.9 Å². The van der Waals surface area contributed by atoms with Crippen LogP contribution >= 0.6 is 0 Å². The summed E-state index contributed by atoms with van der Waals surface area (Å²) in [7, 11) is 0. The smallest absolute Gasteiger partial charge is 0.306 e. The summed E-state index contributed by atoms with van der Waals surface area (Å²) in [5, 5.41) is 0. The average Bonchev–Trinajstić information content (AvgIpc) is 3.37. The van der Waals surface area contributed by atoms with E-state index in [2.05, 4.69) is 45.1 Å². The van der Waals surface area contributed by atoms with E-state index >= 15 is 0 Å². The van der Waals surface area contributed by atoms with E-state index in [1.807, 2.05) is 0 Å². The maximum Gasteiger partial charge on any atom is 0.306 e. The number of esters is 3. The highest BCUT2D eigenvalue weighted by Gasteiger charge is 2.19. The predicted molar refractivity (Wildman–Crippen MR) is 307 cm³/mol. The van der Waals surface area contributed by atoms with Gasteiger partial charge in [-0.15, -0.1) is 0 Å². The quantitative estimate of drug-likeness (QED) is 0.0261. The molecule has 0 aromatic carbocycles. The van der Waals surface area contributed by atoms with E-state index in [-0.39, 0.29) is 31.1 Å².